The fourth-order valence-corrected chi connectivity index (χ4v) is 3.39. The Bertz CT molecular complexity index is 892. The summed E-state index contributed by atoms with van der Waals surface area (Å²) in [6.45, 7) is 3.29. The zero-order valence-corrected chi connectivity index (χ0v) is 18.1. The van der Waals surface area contributed by atoms with Crippen molar-refractivity contribution in [2.45, 2.75) is 38.6 Å². The molecule has 0 aliphatic carbocycles. The molecule has 2 amide bonds. The van der Waals surface area contributed by atoms with Crippen LogP contribution in [0.15, 0.2) is 22.7 Å². The Morgan fingerprint density at radius 2 is 1.94 bits per heavy atom. The maximum Gasteiger partial charge on any atom is 0.409 e. The van der Waals surface area contributed by atoms with Crippen molar-refractivity contribution in [3.05, 3.63) is 24.1 Å². The van der Waals surface area contributed by atoms with Crippen molar-refractivity contribution >= 4 is 12.0 Å². The van der Waals surface area contributed by atoms with Gasteiger partial charge in [0.15, 0.2) is 11.5 Å². The van der Waals surface area contributed by atoms with Gasteiger partial charge >= 0.3 is 6.09 Å². The summed E-state index contributed by atoms with van der Waals surface area (Å²) in [4.78, 5) is 30.1. The number of carbonyl (C=O) groups is 2. The third-order valence-corrected chi connectivity index (χ3v) is 5.06. The van der Waals surface area contributed by atoms with Gasteiger partial charge in [0.1, 0.15) is 0 Å². The molecule has 1 aliphatic heterocycles. The number of aromatic nitrogens is 2. The lowest BCUT2D eigenvalue weighted by Gasteiger charge is -2.31. The molecule has 0 atom stereocenters. The SMILES string of the molecule is CCOC(=O)N1CCC(NC(=O)CCc2nc(-c3ccc(OC)c(OC)c3)no2)CC1. The lowest BCUT2D eigenvalue weighted by Crippen LogP contribution is -2.46. The van der Waals surface area contributed by atoms with E-state index in [1.54, 1.807) is 38.2 Å². The molecule has 0 bridgehead atoms. The maximum atomic E-state index is 12.3. The second-order valence-corrected chi connectivity index (χ2v) is 7.11. The van der Waals surface area contributed by atoms with E-state index in [2.05, 4.69) is 15.5 Å². The molecular formula is C21H28N4O6. The Balaban J connectivity index is 1.47. The van der Waals surface area contributed by atoms with Crippen LogP contribution in [0.1, 0.15) is 32.1 Å². The first-order valence-electron chi connectivity index (χ1n) is 10.3. The molecule has 1 saturated heterocycles. The molecule has 0 saturated carbocycles. The van der Waals surface area contributed by atoms with E-state index in [4.69, 9.17) is 18.7 Å². The zero-order valence-electron chi connectivity index (χ0n) is 18.1. The maximum absolute atomic E-state index is 12.3. The molecule has 0 spiro atoms. The van der Waals surface area contributed by atoms with Gasteiger partial charge in [0.25, 0.3) is 0 Å². The van der Waals surface area contributed by atoms with Crippen LogP contribution in [0.2, 0.25) is 0 Å². The van der Waals surface area contributed by atoms with E-state index < -0.39 is 0 Å². The Hall–Kier alpha value is -3.30. The number of benzene rings is 1. The highest BCUT2D eigenvalue weighted by Gasteiger charge is 2.24. The summed E-state index contributed by atoms with van der Waals surface area (Å²) in [7, 11) is 3.13. The average molecular weight is 432 g/mol. The molecule has 3 rings (SSSR count). The van der Waals surface area contributed by atoms with Crippen molar-refractivity contribution in [2.24, 2.45) is 0 Å². The van der Waals surface area contributed by atoms with Crippen LogP contribution in [0.4, 0.5) is 4.79 Å². The number of methoxy groups -OCH3 is 2. The highest BCUT2D eigenvalue weighted by Crippen LogP contribution is 2.31. The predicted octanol–water partition coefficient (Wildman–Crippen LogP) is 2.42. The summed E-state index contributed by atoms with van der Waals surface area (Å²) in [5.41, 5.74) is 0.727. The Morgan fingerprint density at radius 3 is 2.61 bits per heavy atom. The minimum absolute atomic E-state index is 0.0446. The van der Waals surface area contributed by atoms with Gasteiger partial charge < -0.3 is 29.0 Å². The number of likely N-dealkylation sites (tertiary alicyclic amines) is 1. The van der Waals surface area contributed by atoms with E-state index in [0.29, 0.717) is 62.2 Å². The number of ether oxygens (including phenoxy) is 3. The van der Waals surface area contributed by atoms with Crippen molar-refractivity contribution < 1.29 is 28.3 Å². The highest BCUT2D eigenvalue weighted by atomic mass is 16.6. The molecule has 0 radical (unpaired) electrons. The fourth-order valence-electron chi connectivity index (χ4n) is 3.39. The lowest BCUT2D eigenvalue weighted by molar-refractivity contribution is -0.122. The van der Waals surface area contributed by atoms with E-state index in [9.17, 15) is 9.59 Å². The molecule has 1 N–H and O–H groups in total. The summed E-state index contributed by atoms with van der Waals surface area (Å²) in [6.07, 6.45) is 1.69. The van der Waals surface area contributed by atoms with Crippen LogP contribution in [-0.2, 0) is 16.0 Å². The first-order chi connectivity index (χ1) is 15.0. The lowest BCUT2D eigenvalue weighted by atomic mass is 10.1. The van der Waals surface area contributed by atoms with Crippen molar-refractivity contribution in [3.8, 4) is 22.9 Å². The molecular weight excluding hydrogens is 404 g/mol. The number of nitrogens with one attached hydrogen (secondary N) is 1. The third-order valence-electron chi connectivity index (χ3n) is 5.06. The smallest absolute Gasteiger partial charge is 0.409 e. The van der Waals surface area contributed by atoms with Crippen LogP contribution >= 0.6 is 0 Å². The number of aryl methyl sites for hydroxylation is 1. The highest BCUT2D eigenvalue weighted by molar-refractivity contribution is 5.76. The van der Waals surface area contributed by atoms with Gasteiger partial charge in [-0.2, -0.15) is 4.98 Å². The quantitative estimate of drug-likeness (QED) is 0.676. The number of nitrogens with zero attached hydrogens (tertiary/aromatic N) is 3. The van der Waals surface area contributed by atoms with Crippen molar-refractivity contribution in [2.75, 3.05) is 33.9 Å². The van der Waals surface area contributed by atoms with Crippen LogP contribution in [0.25, 0.3) is 11.4 Å². The number of amides is 2. The summed E-state index contributed by atoms with van der Waals surface area (Å²) in [5.74, 6) is 1.90. The van der Waals surface area contributed by atoms with Gasteiger partial charge in [0.2, 0.25) is 17.6 Å². The van der Waals surface area contributed by atoms with Gasteiger partial charge in [-0.15, -0.1) is 0 Å². The van der Waals surface area contributed by atoms with Gasteiger partial charge in [-0.05, 0) is 38.0 Å². The topological polar surface area (TPSA) is 116 Å². The average Bonchev–Trinajstić information content (AvgIpc) is 3.27. The Kier molecular flexibility index (Phi) is 7.69. The molecule has 1 aliphatic rings. The number of hydrogen-bond acceptors (Lipinski definition) is 8. The van der Waals surface area contributed by atoms with Crippen LogP contribution in [-0.4, -0.2) is 67.0 Å². The Morgan fingerprint density at radius 1 is 1.19 bits per heavy atom. The van der Waals surface area contributed by atoms with E-state index in [0.717, 1.165) is 5.56 Å². The predicted molar refractivity (Wildman–Crippen MR) is 111 cm³/mol. The second-order valence-electron chi connectivity index (χ2n) is 7.11. The number of hydrogen-bond donors (Lipinski definition) is 1. The zero-order chi connectivity index (χ0) is 22.2. The molecule has 31 heavy (non-hydrogen) atoms. The van der Waals surface area contributed by atoms with Gasteiger partial charge in [0, 0.05) is 37.5 Å². The first-order valence-corrected chi connectivity index (χ1v) is 10.3. The number of rotatable bonds is 8. The molecule has 168 valence electrons. The van der Waals surface area contributed by atoms with E-state index >= 15 is 0 Å². The summed E-state index contributed by atoms with van der Waals surface area (Å²) < 4.78 is 20.8. The van der Waals surface area contributed by atoms with E-state index in [1.807, 2.05) is 6.07 Å². The summed E-state index contributed by atoms with van der Waals surface area (Å²) in [6, 6.07) is 5.39. The molecule has 2 heterocycles. The second kappa shape index (κ2) is 10.6. The standard InChI is InChI=1S/C21H28N4O6/c1-4-30-21(27)25-11-9-15(10-12-25)22-18(26)7-8-19-23-20(24-31-19)14-5-6-16(28-2)17(13-14)29-3/h5-6,13,15H,4,7-12H2,1-3H3,(H,22,26). The van der Waals surface area contributed by atoms with E-state index in [1.165, 1.54) is 0 Å². The molecule has 1 aromatic carbocycles. The van der Waals surface area contributed by atoms with E-state index in [-0.39, 0.29) is 24.5 Å². The van der Waals surface area contributed by atoms with Crippen molar-refractivity contribution in [1.29, 1.82) is 0 Å². The van der Waals surface area contributed by atoms with Crippen LogP contribution < -0.4 is 14.8 Å². The molecule has 1 aromatic heterocycles. The largest absolute Gasteiger partial charge is 0.493 e. The molecule has 0 unspecified atom stereocenters. The Labute approximate surface area is 180 Å². The number of piperidine rings is 1. The molecule has 2 aromatic rings. The van der Waals surface area contributed by atoms with Crippen molar-refractivity contribution in [1.82, 2.24) is 20.4 Å². The van der Waals surface area contributed by atoms with Crippen LogP contribution in [0, 0.1) is 0 Å². The number of carbonyl (C=O) groups excluding carboxylic acids is 2. The molecule has 1 fully saturated rings. The first kappa shape index (κ1) is 22.4. The van der Waals surface area contributed by atoms with Gasteiger partial charge in [-0.3, -0.25) is 4.79 Å². The third kappa shape index (κ3) is 5.87. The normalized spacial score (nSPS) is 14.2. The monoisotopic (exact) mass is 432 g/mol. The summed E-state index contributed by atoms with van der Waals surface area (Å²) in [5, 5.41) is 7.00. The fraction of sp³-hybridized carbons (Fsp3) is 0.524. The minimum atomic E-state index is -0.297. The van der Waals surface area contributed by atoms with Crippen LogP contribution in [0.3, 0.4) is 0 Å². The summed E-state index contributed by atoms with van der Waals surface area (Å²) >= 11 is 0. The van der Waals surface area contributed by atoms with Crippen molar-refractivity contribution in [3.63, 3.8) is 0 Å². The van der Waals surface area contributed by atoms with Crippen LogP contribution in [0.5, 0.6) is 11.5 Å². The van der Waals surface area contributed by atoms with Gasteiger partial charge in [0.05, 0.1) is 20.8 Å². The van der Waals surface area contributed by atoms with Gasteiger partial charge in [-0.1, -0.05) is 5.16 Å². The minimum Gasteiger partial charge on any atom is -0.493 e. The molecule has 10 nitrogen and oxygen atoms in total. The molecule has 10 heteroatoms. The van der Waals surface area contributed by atoms with Gasteiger partial charge in [-0.25, -0.2) is 4.79 Å².